The van der Waals surface area contributed by atoms with Crippen LogP contribution in [-0.4, -0.2) is 6.04 Å². The van der Waals surface area contributed by atoms with Crippen LogP contribution in [0.25, 0.3) is 0 Å². The summed E-state index contributed by atoms with van der Waals surface area (Å²) >= 11 is 0. The third kappa shape index (κ3) is 2.78. The van der Waals surface area contributed by atoms with Crippen LogP contribution in [0.2, 0.25) is 0 Å². The third-order valence-electron chi connectivity index (χ3n) is 3.34. The zero-order chi connectivity index (χ0) is 10.7. The molecular weight excluding hydrogens is 189 g/mol. The van der Waals surface area contributed by atoms with Gasteiger partial charge in [-0.15, -0.1) is 0 Å². The molecule has 1 N–H and O–H groups in total. The lowest BCUT2D eigenvalue weighted by Gasteiger charge is -2.17. The second kappa shape index (κ2) is 4.75. The molecule has 0 amide bonds. The lowest BCUT2D eigenvalue weighted by molar-refractivity contribution is 0.426. The summed E-state index contributed by atoms with van der Waals surface area (Å²) in [6.45, 7) is 3.16. The molecule has 1 saturated carbocycles. The van der Waals surface area contributed by atoms with Crippen LogP contribution in [0.15, 0.2) is 24.3 Å². The minimum absolute atomic E-state index is 0.159. The molecule has 0 saturated heterocycles. The minimum Gasteiger partial charge on any atom is -0.310 e. The van der Waals surface area contributed by atoms with E-state index in [0.717, 1.165) is 18.0 Å². The van der Waals surface area contributed by atoms with E-state index in [2.05, 4.69) is 12.2 Å². The van der Waals surface area contributed by atoms with E-state index in [0.29, 0.717) is 6.04 Å². The molecular formula is C13H18FN. The average molecular weight is 207 g/mol. The summed E-state index contributed by atoms with van der Waals surface area (Å²) in [5.41, 5.74) is 1.16. The van der Waals surface area contributed by atoms with E-state index in [9.17, 15) is 4.39 Å². The van der Waals surface area contributed by atoms with Crippen molar-refractivity contribution in [3.05, 3.63) is 35.6 Å². The van der Waals surface area contributed by atoms with Crippen molar-refractivity contribution in [3.63, 3.8) is 0 Å². The first-order valence-corrected chi connectivity index (χ1v) is 5.73. The van der Waals surface area contributed by atoms with Gasteiger partial charge in [-0.05, 0) is 36.5 Å². The van der Waals surface area contributed by atoms with E-state index in [1.165, 1.54) is 31.4 Å². The Morgan fingerprint density at radius 3 is 2.60 bits per heavy atom. The molecule has 0 aliphatic heterocycles. The molecule has 1 nitrogen and oxygen atoms in total. The maximum atomic E-state index is 12.7. The molecule has 82 valence electrons. The van der Waals surface area contributed by atoms with Gasteiger partial charge in [0.15, 0.2) is 0 Å². The summed E-state index contributed by atoms with van der Waals surface area (Å²) in [6, 6.07) is 7.39. The van der Waals surface area contributed by atoms with Crippen LogP contribution < -0.4 is 5.32 Å². The van der Waals surface area contributed by atoms with Gasteiger partial charge >= 0.3 is 0 Å². The van der Waals surface area contributed by atoms with E-state index < -0.39 is 0 Å². The molecule has 2 atom stereocenters. The lowest BCUT2D eigenvalue weighted by Crippen LogP contribution is -2.30. The number of rotatable bonds is 3. The van der Waals surface area contributed by atoms with Gasteiger partial charge in [0.1, 0.15) is 5.82 Å². The molecule has 15 heavy (non-hydrogen) atoms. The number of benzene rings is 1. The third-order valence-corrected chi connectivity index (χ3v) is 3.34. The molecule has 2 unspecified atom stereocenters. The van der Waals surface area contributed by atoms with Gasteiger partial charge in [0.25, 0.3) is 0 Å². The summed E-state index contributed by atoms with van der Waals surface area (Å²) in [4.78, 5) is 0. The normalized spacial score (nSPS) is 25.7. The summed E-state index contributed by atoms with van der Waals surface area (Å²) in [5.74, 6) is 0.624. The van der Waals surface area contributed by atoms with Gasteiger partial charge in [-0.3, -0.25) is 0 Å². The molecule has 1 fully saturated rings. The Kier molecular flexibility index (Phi) is 3.37. The van der Waals surface area contributed by atoms with Crippen LogP contribution in [-0.2, 0) is 6.54 Å². The predicted octanol–water partition coefficient (Wildman–Crippen LogP) is 3.10. The molecule has 0 heterocycles. The maximum Gasteiger partial charge on any atom is 0.123 e. The number of nitrogens with one attached hydrogen (secondary N) is 1. The topological polar surface area (TPSA) is 12.0 Å². The smallest absolute Gasteiger partial charge is 0.123 e. The minimum atomic E-state index is -0.159. The summed E-state index contributed by atoms with van der Waals surface area (Å²) < 4.78 is 12.7. The molecule has 1 aromatic carbocycles. The molecule has 0 bridgehead atoms. The van der Waals surface area contributed by atoms with Crippen molar-refractivity contribution < 1.29 is 4.39 Å². The van der Waals surface area contributed by atoms with Crippen molar-refractivity contribution in [2.45, 2.75) is 38.8 Å². The van der Waals surface area contributed by atoms with Gasteiger partial charge in [-0.2, -0.15) is 0 Å². The first kappa shape index (κ1) is 10.6. The Bertz CT molecular complexity index is 307. The van der Waals surface area contributed by atoms with Gasteiger partial charge < -0.3 is 5.32 Å². The first-order chi connectivity index (χ1) is 7.25. The number of halogens is 1. The van der Waals surface area contributed by atoms with E-state index in [1.807, 2.05) is 12.1 Å². The molecule has 1 aromatic rings. The number of hydrogen-bond donors (Lipinski definition) is 1. The summed E-state index contributed by atoms with van der Waals surface area (Å²) in [7, 11) is 0. The molecule has 2 heteroatoms. The van der Waals surface area contributed by atoms with Crippen molar-refractivity contribution in [3.8, 4) is 0 Å². The Morgan fingerprint density at radius 2 is 2.00 bits per heavy atom. The van der Waals surface area contributed by atoms with Gasteiger partial charge in [0, 0.05) is 12.6 Å². The zero-order valence-corrected chi connectivity index (χ0v) is 9.17. The Hall–Kier alpha value is -0.890. The highest BCUT2D eigenvalue weighted by Crippen LogP contribution is 2.24. The van der Waals surface area contributed by atoms with Crippen molar-refractivity contribution in [1.29, 1.82) is 0 Å². The maximum absolute atomic E-state index is 12.7. The Morgan fingerprint density at radius 1 is 1.27 bits per heavy atom. The Labute approximate surface area is 90.7 Å². The standard InChI is InChI=1S/C13H18FN/c1-10-3-2-4-13(10)15-9-11-5-7-12(14)8-6-11/h5-8,10,13,15H,2-4,9H2,1H3. The van der Waals surface area contributed by atoms with Gasteiger partial charge in [0.05, 0.1) is 0 Å². The van der Waals surface area contributed by atoms with Crippen molar-refractivity contribution in [1.82, 2.24) is 5.32 Å². The van der Waals surface area contributed by atoms with Crippen LogP contribution in [0.1, 0.15) is 31.7 Å². The van der Waals surface area contributed by atoms with Gasteiger partial charge in [-0.1, -0.05) is 25.5 Å². The van der Waals surface area contributed by atoms with Gasteiger partial charge in [-0.25, -0.2) is 4.39 Å². The fourth-order valence-corrected chi connectivity index (χ4v) is 2.30. The SMILES string of the molecule is CC1CCCC1NCc1ccc(F)cc1. The average Bonchev–Trinajstić information content (AvgIpc) is 2.63. The van der Waals surface area contributed by atoms with Crippen molar-refractivity contribution in [2.75, 3.05) is 0 Å². The second-order valence-electron chi connectivity index (χ2n) is 4.52. The molecule has 0 aromatic heterocycles. The monoisotopic (exact) mass is 207 g/mol. The fourth-order valence-electron chi connectivity index (χ4n) is 2.30. The largest absolute Gasteiger partial charge is 0.310 e. The van der Waals surface area contributed by atoms with E-state index in [-0.39, 0.29) is 5.82 Å². The molecule has 0 radical (unpaired) electrons. The van der Waals surface area contributed by atoms with Crippen LogP contribution in [0.3, 0.4) is 0 Å². The summed E-state index contributed by atoms with van der Waals surface area (Å²) in [5, 5.41) is 3.54. The van der Waals surface area contributed by atoms with Crippen LogP contribution in [0, 0.1) is 11.7 Å². The second-order valence-corrected chi connectivity index (χ2v) is 4.52. The van der Waals surface area contributed by atoms with E-state index in [1.54, 1.807) is 0 Å². The molecule has 1 aliphatic carbocycles. The highest BCUT2D eigenvalue weighted by atomic mass is 19.1. The number of hydrogen-bond acceptors (Lipinski definition) is 1. The van der Waals surface area contributed by atoms with Crippen molar-refractivity contribution in [2.24, 2.45) is 5.92 Å². The zero-order valence-electron chi connectivity index (χ0n) is 9.17. The van der Waals surface area contributed by atoms with E-state index >= 15 is 0 Å². The van der Waals surface area contributed by atoms with Crippen molar-refractivity contribution >= 4 is 0 Å². The lowest BCUT2D eigenvalue weighted by atomic mass is 10.1. The highest BCUT2D eigenvalue weighted by molar-refractivity contribution is 5.15. The predicted molar refractivity (Wildman–Crippen MR) is 60.0 cm³/mol. The van der Waals surface area contributed by atoms with Gasteiger partial charge in [0.2, 0.25) is 0 Å². The van der Waals surface area contributed by atoms with Crippen LogP contribution in [0.5, 0.6) is 0 Å². The molecule has 0 spiro atoms. The first-order valence-electron chi connectivity index (χ1n) is 5.73. The van der Waals surface area contributed by atoms with Crippen LogP contribution >= 0.6 is 0 Å². The highest BCUT2D eigenvalue weighted by Gasteiger charge is 2.22. The van der Waals surface area contributed by atoms with E-state index in [4.69, 9.17) is 0 Å². The molecule has 1 aliphatic rings. The van der Waals surface area contributed by atoms with Crippen LogP contribution in [0.4, 0.5) is 4.39 Å². The quantitative estimate of drug-likeness (QED) is 0.803. The molecule has 2 rings (SSSR count). The Balaban J connectivity index is 1.85. The summed E-state index contributed by atoms with van der Waals surface area (Å²) in [6.07, 6.45) is 3.95. The fraction of sp³-hybridized carbons (Fsp3) is 0.538.